The van der Waals surface area contributed by atoms with Crippen molar-refractivity contribution in [3.8, 4) is 0 Å². The number of aryl methyl sites for hydroxylation is 1. The number of carboxylic acid groups (broad SMARTS) is 1. The Balaban J connectivity index is 0.000000184. The highest BCUT2D eigenvalue weighted by Gasteiger charge is 2.02. The number of aliphatic hydroxyl groups is 1. The molecule has 0 saturated carbocycles. The Labute approximate surface area is 105 Å². The van der Waals surface area contributed by atoms with E-state index in [9.17, 15) is 4.79 Å². The molecule has 0 radical (unpaired) electrons. The summed E-state index contributed by atoms with van der Waals surface area (Å²) in [7, 11) is 0. The second-order valence-corrected chi connectivity index (χ2v) is 3.50. The molecule has 0 unspecified atom stereocenters. The van der Waals surface area contributed by atoms with E-state index in [0.29, 0.717) is 0 Å². The van der Waals surface area contributed by atoms with E-state index in [0.717, 1.165) is 12.8 Å². The zero-order chi connectivity index (χ0) is 13.2. The molecule has 1 aromatic heterocycles. The lowest BCUT2D eigenvalue weighted by Gasteiger charge is -1.96. The van der Waals surface area contributed by atoms with Gasteiger partial charge in [-0.15, -0.1) is 0 Å². The number of hydrogen-bond donors (Lipinski definition) is 2. The van der Waals surface area contributed by atoms with E-state index >= 15 is 0 Å². The third-order valence-corrected chi connectivity index (χ3v) is 2.12. The normalized spacial score (nSPS) is 9.39. The van der Waals surface area contributed by atoms with Crippen LogP contribution in [-0.2, 0) is 6.42 Å². The van der Waals surface area contributed by atoms with Crippen molar-refractivity contribution in [2.45, 2.75) is 12.8 Å². The molecular weight excluding hydrogens is 234 g/mol. The van der Waals surface area contributed by atoms with Gasteiger partial charge in [-0.1, -0.05) is 35.5 Å². The highest BCUT2D eigenvalue weighted by Crippen LogP contribution is 2.00. The van der Waals surface area contributed by atoms with Gasteiger partial charge in [0.1, 0.15) is 6.26 Å². The fraction of sp³-hybridized carbons (Fsp3) is 0.231. The van der Waals surface area contributed by atoms with E-state index in [-0.39, 0.29) is 12.3 Å². The van der Waals surface area contributed by atoms with Crippen LogP contribution in [0.2, 0.25) is 0 Å². The standard InChI is InChI=1S/C9H12O.C4H3NO3/c10-8-4-7-9-5-2-1-3-6-9;6-4(7)3-1-2-8-5-3/h1-3,5-6,10H,4,7-8H2;1-2H,(H,6,7). The van der Waals surface area contributed by atoms with E-state index < -0.39 is 5.97 Å². The number of carbonyl (C=O) groups is 1. The third-order valence-electron chi connectivity index (χ3n) is 2.12. The molecule has 0 aliphatic carbocycles. The monoisotopic (exact) mass is 249 g/mol. The van der Waals surface area contributed by atoms with Crippen molar-refractivity contribution in [2.24, 2.45) is 0 Å². The second-order valence-electron chi connectivity index (χ2n) is 3.50. The SMILES string of the molecule is O=C(O)c1ccon1.OCCCc1ccccc1. The van der Waals surface area contributed by atoms with E-state index in [1.165, 1.54) is 17.9 Å². The van der Waals surface area contributed by atoms with Gasteiger partial charge >= 0.3 is 5.97 Å². The fourth-order valence-electron chi connectivity index (χ4n) is 1.25. The van der Waals surface area contributed by atoms with Crippen LogP contribution in [-0.4, -0.2) is 27.9 Å². The first-order valence-electron chi connectivity index (χ1n) is 5.52. The minimum Gasteiger partial charge on any atom is -0.476 e. The number of aromatic nitrogens is 1. The van der Waals surface area contributed by atoms with Crippen molar-refractivity contribution in [2.75, 3.05) is 6.61 Å². The Kier molecular flexibility index (Phi) is 6.21. The van der Waals surface area contributed by atoms with Gasteiger partial charge in [-0.3, -0.25) is 0 Å². The molecule has 0 fully saturated rings. The molecule has 0 amide bonds. The van der Waals surface area contributed by atoms with Crippen LogP contribution in [0.25, 0.3) is 0 Å². The first-order valence-corrected chi connectivity index (χ1v) is 5.52. The largest absolute Gasteiger partial charge is 0.476 e. The van der Waals surface area contributed by atoms with Crippen LogP contribution >= 0.6 is 0 Å². The maximum atomic E-state index is 9.94. The first-order chi connectivity index (χ1) is 8.74. The van der Waals surface area contributed by atoms with Gasteiger partial charge in [0.25, 0.3) is 0 Å². The van der Waals surface area contributed by atoms with Crippen LogP contribution in [0.5, 0.6) is 0 Å². The molecule has 0 aliphatic heterocycles. The fourth-order valence-corrected chi connectivity index (χ4v) is 1.25. The maximum Gasteiger partial charge on any atom is 0.358 e. The highest BCUT2D eigenvalue weighted by molar-refractivity contribution is 5.84. The van der Waals surface area contributed by atoms with Crippen LogP contribution in [0, 0.1) is 0 Å². The summed E-state index contributed by atoms with van der Waals surface area (Å²) >= 11 is 0. The summed E-state index contributed by atoms with van der Waals surface area (Å²) in [6.07, 6.45) is 3.06. The van der Waals surface area contributed by atoms with E-state index in [4.69, 9.17) is 10.2 Å². The van der Waals surface area contributed by atoms with Gasteiger partial charge in [0.05, 0.1) is 0 Å². The summed E-state index contributed by atoms with van der Waals surface area (Å²) in [6.45, 7) is 0.287. The average molecular weight is 249 g/mol. The molecule has 1 heterocycles. The van der Waals surface area contributed by atoms with Crippen molar-refractivity contribution < 1.29 is 19.5 Å². The number of hydrogen-bond acceptors (Lipinski definition) is 4. The second kappa shape index (κ2) is 8.03. The maximum absolute atomic E-state index is 9.94. The van der Waals surface area contributed by atoms with Crippen molar-refractivity contribution in [3.63, 3.8) is 0 Å². The Bertz CT molecular complexity index is 439. The zero-order valence-electron chi connectivity index (χ0n) is 9.82. The number of nitrogens with zero attached hydrogens (tertiary/aromatic N) is 1. The smallest absolute Gasteiger partial charge is 0.358 e. The average Bonchev–Trinajstić information content (AvgIpc) is 2.92. The number of rotatable bonds is 4. The number of aliphatic hydroxyl groups excluding tert-OH is 1. The lowest BCUT2D eigenvalue weighted by molar-refractivity contribution is 0.0685. The summed E-state index contributed by atoms with van der Waals surface area (Å²) in [6, 6.07) is 11.5. The molecule has 18 heavy (non-hydrogen) atoms. The van der Waals surface area contributed by atoms with Crippen LogP contribution in [0.1, 0.15) is 22.5 Å². The number of benzene rings is 1. The number of carboxylic acids is 1. The molecule has 96 valence electrons. The van der Waals surface area contributed by atoms with Gasteiger partial charge in [0.15, 0.2) is 5.69 Å². The molecule has 2 aromatic rings. The molecule has 0 aliphatic rings. The molecular formula is C13H15NO4. The Hall–Kier alpha value is -2.14. The molecule has 5 nitrogen and oxygen atoms in total. The summed E-state index contributed by atoms with van der Waals surface area (Å²) in [5, 5.41) is 19.8. The Morgan fingerprint density at radius 3 is 2.39 bits per heavy atom. The van der Waals surface area contributed by atoms with Gasteiger partial charge in [-0.25, -0.2) is 4.79 Å². The topological polar surface area (TPSA) is 83.6 Å². The van der Waals surface area contributed by atoms with E-state index in [2.05, 4.69) is 21.8 Å². The van der Waals surface area contributed by atoms with Crippen LogP contribution in [0.3, 0.4) is 0 Å². The van der Waals surface area contributed by atoms with E-state index in [1.54, 1.807) is 0 Å². The number of aromatic carboxylic acids is 1. The minimum absolute atomic E-state index is 0.0648. The summed E-state index contributed by atoms with van der Waals surface area (Å²) < 4.78 is 4.24. The Morgan fingerprint density at radius 2 is 1.94 bits per heavy atom. The molecule has 2 N–H and O–H groups in total. The van der Waals surface area contributed by atoms with Gasteiger partial charge in [-0.05, 0) is 18.4 Å². The van der Waals surface area contributed by atoms with Crippen LogP contribution in [0.4, 0.5) is 0 Å². The first kappa shape index (κ1) is 13.9. The van der Waals surface area contributed by atoms with Crippen molar-refractivity contribution in [1.29, 1.82) is 0 Å². The quantitative estimate of drug-likeness (QED) is 0.865. The predicted octanol–water partition coefficient (Wildman–Crippen LogP) is 1.98. The van der Waals surface area contributed by atoms with Crippen molar-refractivity contribution >= 4 is 5.97 Å². The summed E-state index contributed by atoms with van der Waals surface area (Å²) in [5.41, 5.74) is 1.24. The molecule has 0 bridgehead atoms. The van der Waals surface area contributed by atoms with Gasteiger partial charge in [0, 0.05) is 12.7 Å². The summed E-state index contributed by atoms with van der Waals surface area (Å²) in [4.78, 5) is 9.94. The van der Waals surface area contributed by atoms with Gasteiger partial charge in [-0.2, -0.15) is 0 Å². The third kappa shape index (κ3) is 5.27. The summed E-state index contributed by atoms with van der Waals surface area (Å²) in [5.74, 6) is -1.07. The highest BCUT2D eigenvalue weighted by atomic mass is 16.5. The molecule has 0 spiro atoms. The van der Waals surface area contributed by atoms with Crippen molar-refractivity contribution in [3.05, 3.63) is 53.9 Å². The van der Waals surface area contributed by atoms with Crippen LogP contribution in [0.15, 0.2) is 47.2 Å². The predicted molar refractivity (Wildman–Crippen MR) is 65.3 cm³/mol. The molecule has 2 rings (SSSR count). The lowest BCUT2D eigenvalue weighted by Crippen LogP contribution is -1.94. The van der Waals surface area contributed by atoms with Gasteiger partial charge in [0.2, 0.25) is 0 Å². The zero-order valence-corrected chi connectivity index (χ0v) is 9.82. The van der Waals surface area contributed by atoms with Crippen molar-refractivity contribution in [1.82, 2.24) is 5.16 Å². The molecule has 0 saturated heterocycles. The van der Waals surface area contributed by atoms with Gasteiger partial charge < -0.3 is 14.7 Å². The minimum atomic E-state index is -1.07. The van der Waals surface area contributed by atoms with E-state index in [1.807, 2.05) is 18.2 Å². The molecule has 5 heteroatoms. The molecule has 1 aromatic carbocycles. The lowest BCUT2D eigenvalue weighted by atomic mass is 10.1. The molecule has 0 atom stereocenters. The Morgan fingerprint density at radius 1 is 1.22 bits per heavy atom. The van der Waals surface area contributed by atoms with Crippen LogP contribution < -0.4 is 0 Å².